The van der Waals surface area contributed by atoms with Crippen LogP contribution in [0.4, 0.5) is 10.3 Å². The van der Waals surface area contributed by atoms with Crippen molar-refractivity contribution >= 4 is 40.4 Å². The number of rotatable bonds is 6. The Kier molecular flexibility index (Phi) is 6.51. The van der Waals surface area contributed by atoms with Crippen LogP contribution in [0.3, 0.4) is 0 Å². The lowest BCUT2D eigenvalue weighted by Crippen LogP contribution is -2.28. The predicted octanol–water partition coefficient (Wildman–Crippen LogP) is 5.09. The molecule has 1 heterocycles. The van der Waals surface area contributed by atoms with Crippen molar-refractivity contribution in [2.75, 3.05) is 11.9 Å². The molecule has 0 radical (unpaired) electrons. The molecule has 0 spiro atoms. The van der Waals surface area contributed by atoms with Gasteiger partial charge in [-0.2, -0.15) is 0 Å². The number of anilines is 1. The average Bonchev–Trinajstić information content (AvgIpc) is 3.11. The van der Waals surface area contributed by atoms with E-state index >= 15 is 0 Å². The third kappa shape index (κ3) is 4.88. The van der Waals surface area contributed by atoms with Crippen molar-refractivity contribution in [1.29, 1.82) is 0 Å². The number of hydrogen-bond donors (Lipinski definition) is 2. The Morgan fingerprint density at radius 2 is 1.90 bits per heavy atom. The lowest BCUT2D eigenvalue weighted by molar-refractivity contribution is -0.116. The maximum atomic E-state index is 13.1. The molecule has 0 atom stereocenters. The average molecular weight is 443 g/mol. The fourth-order valence-electron chi connectivity index (χ4n) is 4.09. The van der Waals surface area contributed by atoms with Gasteiger partial charge in [0.1, 0.15) is 5.82 Å². The van der Waals surface area contributed by atoms with Crippen LogP contribution in [0.5, 0.6) is 0 Å². The van der Waals surface area contributed by atoms with E-state index in [1.165, 1.54) is 31.4 Å². The number of para-hydroxylation sites is 2. The lowest BCUT2D eigenvalue weighted by atomic mass is 9.95. The highest BCUT2D eigenvalue weighted by Gasteiger charge is 2.22. The maximum Gasteiger partial charge on any atom is 0.252 e. The Labute approximate surface area is 184 Å². The molecular weight excluding hydrogens is 419 g/mol. The van der Waals surface area contributed by atoms with Crippen molar-refractivity contribution in [3.05, 3.63) is 58.9 Å². The first-order valence-electron chi connectivity index (χ1n) is 10.5. The molecule has 1 saturated carbocycles. The van der Waals surface area contributed by atoms with Gasteiger partial charge in [0.05, 0.1) is 21.6 Å². The Hall–Kier alpha value is -2.93. The van der Waals surface area contributed by atoms with Crippen LogP contribution in [0.2, 0.25) is 5.02 Å². The van der Waals surface area contributed by atoms with Crippen LogP contribution in [-0.2, 0) is 4.79 Å². The number of benzene rings is 2. The molecule has 6 nitrogen and oxygen atoms in total. The number of nitrogens with one attached hydrogen (secondary N) is 2. The molecular formula is C23H24ClFN4O2. The van der Waals surface area contributed by atoms with E-state index in [1.807, 2.05) is 24.3 Å². The van der Waals surface area contributed by atoms with E-state index in [9.17, 15) is 14.0 Å². The summed E-state index contributed by atoms with van der Waals surface area (Å²) in [6.45, 7) is 0.127. The Balaban J connectivity index is 1.41. The molecule has 0 unspecified atom stereocenters. The van der Waals surface area contributed by atoms with E-state index < -0.39 is 11.7 Å². The number of carbonyl (C=O) groups excluding carboxylic acids is 2. The molecule has 3 aromatic rings. The Bertz CT molecular complexity index is 1110. The first kappa shape index (κ1) is 21.3. The molecule has 4 rings (SSSR count). The van der Waals surface area contributed by atoms with E-state index in [0.29, 0.717) is 12.0 Å². The summed E-state index contributed by atoms with van der Waals surface area (Å²) in [7, 11) is 0. The van der Waals surface area contributed by atoms with Crippen LogP contribution in [-0.4, -0.2) is 27.9 Å². The van der Waals surface area contributed by atoms with Crippen LogP contribution in [0.25, 0.3) is 11.0 Å². The molecule has 1 aliphatic rings. The first-order chi connectivity index (χ1) is 15.0. The third-order valence-electron chi connectivity index (χ3n) is 5.60. The van der Waals surface area contributed by atoms with Crippen molar-refractivity contribution < 1.29 is 14.0 Å². The summed E-state index contributed by atoms with van der Waals surface area (Å²) in [5.74, 6) is -0.655. The number of aromatic nitrogens is 2. The summed E-state index contributed by atoms with van der Waals surface area (Å²) >= 11 is 5.91. The second-order valence-corrected chi connectivity index (χ2v) is 8.17. The van der Waals surface area contributed by atoms with Crippen molar-refractivity contribution in [2.45, 2.75) is 44.6 Å². The summed E-state index contributed by atoms with van der Waals surface area (Å²) in [5.41, 5.74) is 2.04. The molecule has 1 aromatic heterocycles. The van der Waals surface area contributed by atoms with E-state index in [-0.39, 0.29) is 29.5 Å². The monoisotopic (exact) mass is 442 g/mol. The van der Waals surface area contributed by atoms with Crippen LogP contribution < -0.4 is 10.6 Å². The van der Waals surface area contributed by atoms with Gasteiger partial charge in [0.25, 0.3) is 5.91 Å². The van der Waals surface area contributed by atoms with Crippen molar-refractivity contribution in [3.8, 4) is 0 Å². The fraction of sp³-hybridized carbons (Fsp3) is 0.348. The normalized spacial score (nSPS) is 14.5. The number of imidazole rings is 1. The minimum absolute atomic E-state index is 0.0307. The molecule has 2 N–H and O–H groups in total. The number of amides is 2. The topological polar surface area (TPSA) is 76.0 Å². The smallest absolute Gasteiger partial charge is 0.252 e. The van der Waals surface area contributed by atoms with Crippen LogP contribution in [0.1, 0.15) is 54.9 Å². The second-order valence-electron chi connectivity index (χ2n) is 7.76. The lowest BCUT2D eigenvalue weighted by Gasteiger charge is -2.25. The third-order valence-corrected chi connectivity index (χ3v) is 5.91. The highest BCUT2D eigenvalue weighted by molar-refractivity contribution is 6.33. The SMILES string of the molecule is O=C(CCNC(=O)c1ccc(F)cc1Cl)Nc1nc2ccccc2n1C1CCCCC1. The van der Waals surface area contributed by atoms with Crippen LogP contribution in [0, 0.1) is 5.82 Å². The molecule has 31 heavy (non-hydrogen) atoms. The second kappa shape index (κ2) is 9.47. The van der Waals surface area contributed by atoms with Gasteiger partial charge >= 0.3 is 0 Å². The minimum atomic E-state index is -0.512. The van der Waals surface area contributed by atoms with E-state index in [4.69, 9.17) is 11.6 Å². The summed E-state index contributed by atoms with van der Waals surface area (Å²) < 4.78 is 15.3. The molecule has 2 aromatic carbocycles. The van der Waals surface area contributed by atoms with Crippen LogP contribution >= 0.6 is 11.6 Å². The van der Waals surface area contributed by atoms with E-state index in [1.54, 1.807) is 0 Å². The molecule has 162 valence electrons. The molecule has 2 amide bonds. The van der Waals surface area contributed by atoms with Gasteiger partial charge in [-0.3, -0.25) is 14.9 Å². The van der Waals surface area contributed by atoms with E-state index in [0.717, 1.165) is 29.9 Å². The van der Waals surface area contributed by atoms with Crippen LogP contribution in [0.15, 0.2) is 42.5 Å². The number of hydrogen-bond acceptors (Lipinski definition) is 3. The number of halogens is 2. The number of fused-ring (bicyclic) bond motifs is 1. The van der Waals surface area contributed by atoms with Gasteiger partial charge in [0, 0.05) is 19.0 Å². The zero-order valence-electron chi connectivity index (χ0n) is 17.0. The van der Waals surface area contributed by atoms with Crippen molar-refractivity contribution in [3.63, 3.8) is 0 Å². The molecule has 1 fully saturated rings. The molecule has 0 aliphatic heterocycles. The minimum Gasteiger partial charge on any atom is -0.351 e. The fourth-order valence-corrected chi connectivity index (χ4v) is 4.34. The highest BCUT2D eigenvalue weighted by Crippen LogP contribution is 2.34. The van der Waals surface area contributed by atoms with Gasteiger partial charge in [-0.05, 0) is 43.2 Å². The van der Waals surface area contributed by atoms with Gasteiger partial charge in [-0.25, -0.2) is 9.37 Å². The summed E-state index contributed by atoms with van der Waals surface area (Å²) in [6, 6.07) is 11.8. The van der Waals surface area contributed by atoms with Crippen molar-refractivity contribution in [2.24, 2.45) is 0 Å². The van der Waals surface area contributed by atoms with Gasteiger partial charge in [0.2, 0.25) is 11.9 Å². The van der Waals surface area contributed by atoms with Crippen molar-refractivity contribution in [1.82, 2.24) is 14.9 Å². The molecule has 1 aliphatic carbocycles. The molecule has 0 bridgehead atoms. The predicted molar refractivity (Wildman–Crippen MR) is 119 cm³/mol. The Morgan fingerprint density at radius 1 is 1.13 bits per heavy atom. The van der Waals surface area contributed by atoms with Gasteiger partial charge in [0.15, 0.2) is 0 Å². The largest absolute Gasteiger partial charge is 0.351 e. The number of nitrogens with zero attached hydrogens (tertiary/aromatic N) is 2. The quantitative estimate of drug-likeness (QED) is 0.558. The molecule has 8 heteroatoms. The first-order valence-corrected chi connectivity index (χ1v) is 10.9. The molecule has 0 saturated heterocycles. The zero-order chi connectivity index (χ0) is 21.8. The van der Waals surface area contributed by atoms with Gasteiger partial charge in [-0.1, -0.05) is 43.0 Å². The Morgan fingerprint density at radius 3 is 2.68 bits per heavy atom. The standard InChI is InChI=1S/C23H24ClFN4O2/c24-18-14-15(25)10-11-17(18)22(31)26-13-12-21(30)28-23-27-19-8-4-5-9-20(19)29(23)16-6-2-1-3-7-16/h4-5,8-11,14,16H,1-3,6-7,12-13H2,(H,26,31)(H,27,28,30). The van der Waals surface area contributed by atoms with E-state index in [2.05, 4.69) is 20.2 Å². The summed E-state index contributed by atoms with van der Waals surface area (Å²) in [6.07, 6.45) is 5.79. The summed E-state index contributed by atoms with van der Waals surface area (Å²) in [5, 5.41) is 5.59. The summed E-state index contributed by atoms with van der Waals surface area (Å²) in [4.78, 5) is 29.4. The maximum absolute atomic E-state index is 13.1. The zero-order valence-corrected chi connectivity index (χ0v) is 17.8. The van der Waals surface area contributed by atoms with Gasteiger partial charge < -0.3 is 9.88 Å². The highest BCUT2D eigenvalue weighted by atomic mass is 35.5. The number of carbonyl (C=O) groups is 2. The van der Waals surface area contributed by atoms with Gasteiger partial charge in [-0.15, -0.1) is 0 Å².